The van der Waals surface area contributed by atoms with Crippen LogP contribution >= 0.6 is 0 Å². The van der Waals surface area contributed by atoms with Crippen LogP contribution in [0.2, 0.25) is 0 Å². The van der Waals surface area contributed by atoms with Gasteiger partial charge in [-0.1, -0.05) is 6.92 Å². The van der Waals surface area contributed by atoms with E-state index in [1.165, 1.54) is 6.07 Å². The molecule has 1 unspecified atom stereocenters. The van der Waals surface area contributed by atoms with Crippen molar-refractivity contribution in [1.29, 1.82) is 0 Å². The van der Waals surface area contributed by atoms with Crippen molar-refractivity contribution in [3.05, 3.63) is 34.1 Å². The molecule has 0 aliphatic carbocycles. The van der Waals surface area contributed by atoms with Gasteiger partial charge in [0, 0.05) is 17.8 Å². The van der Waals surface area contributed by atoms with Gasteiger partial charge in [0.05, 0.1) is 11.0 Å². The van der Waals surface area contributed by atoms with E-state index in [0.29, 0.717) is 6.42 Å². The predicted molar refractivity (Wildman–Crippen MR) is 60.0 cm³/mol. The Balaban J connectivity index is 2.84. The highest BCUT2D eigenvalue weighted by molar-refractivity contribution is 5.94. The molecule has 0 aromatic heterocycles. The van der Waals surface area contributed by atoms with Crippen LogP contribution in [0.5, 0.6) is 0 Å². The second-order valence-electron chi connectivity index (χ2n) is 3.43. The Morgan fingerprint density at radius 3 is 2.76 bits per heavy atom. The molecule has 0 radical (unpaired) electrons. The minimum Gasteiger partial charge on any atom is -0.325 e. The normalized spacial score (nSPS) is 11.9. The number of amides is 1. The molecule has 3 N–H and O–H groups in total. The lowest BCUT2D eigenvalue weighted by atomic mass is 10.2. The highest BCUT2D eigenvalue weighted by Crippen LogP contribution is 2.20. The zero-order valence-electron chi connectivity index (χ0n) is 9.14. The fourth-order valence-electron chi connectivity index (χ4n) is 1.15. The number of benzene rings is 1. The van der Waals surface area contributed by atoms with Gasteiger partial charge in [-0.3, -0.25) is 14.9 Å². The Hall–Kier alpha value is -2.02. The number of nitrogens with two attached hydrogens (primary N) is 1. The van der Waals surface area contributed by atoms with E-state index < -0.39 is 28.4 Å². The molecule has 0 saturated heterocycles. The first-order chi connectivity index (χ1) is 7.95. The minimum absolute atomic E-state index is 0.141. The van der Waals surface area contributed by atoms with Crippen molar-refractivity contribution in [1.82, 2.24) is 0 Å². The van der Waals surface area contributed by atoms with Gasteiger partial charge in [-0.2, -0.15) is 4.39 Å². The van der Waals surface area contributed by atoms with Crippen molar-refractivity contribution in [3.63, 3.8) is 0 Å². The first-order valence-electron chi connectivity index (χ1n) is 4.96. The summed E-state index contributed by atoms with van der Waals surface area (Å²) >= 11 is 0. The summed E-state index contributed by atoms with van der Waals surface area (Å²) in [6.45, 7) is 1.74. The molecular weight excluding hydrogens is 229 g/mol. The number of hydrogen-bond donors (Lipinski definition) is 2. The molecule has 7 heteroatoms. The fraction of sp³-hybridized carbons (Fsp3) is 0.300. The van der Waals surface area contributed by atoms with Crippen molar-refractivity contribution in [3.8, 4) is 0 Å². The van der Waals surface area contributed by atoms with Crippen molar-refractivity contribution < 1.29 is 14.1 Å². The Bertz CT molecular complexity index is 450. The zero-order chi connectivity index (χ0) is 13.0. The van der Waals surface area contributed by atoms with Crippen LogP contribution in [0.4, 0.5) is 15.8 Å². The Morgan fingerprint density at radius 2 is 2.29 bits per heavy atom. The van der Waals surface area contributed by atoms with Crippen molar-refractivity contribution in [2.45, 2.75) is 19.4 Å². The van der Waals surface area contributed by atoms with E-state index in [4.69, 9.17) is 5.73 Å². The predicted octanol–water partition coefficient (Wildman–Crippen LogP) is 1.41. The summed E-state index contributed by atoms with van der Waals surface area (Å²) in [5, 5.41) is 12.7. The number of nitro groups is 1. The maximum Gasteiger partial charge on any atom is 0.304 e. The minimum atomic E-state index is -1.00. The smallest absolute Gasteiger partial charge is 0.304 e. The number of nitrogens with one attached hydrogen (secondary N) is 1. The second-order valence-corrected chi connectivity index (χ2v) is 3.43. The summed E-state index contributed by atoms with van der Waals surface area (Å²) in [5.74, 6) is -1.46. The maximum absolute atomic E-state index is 13.2. The average Bonchev–Trinajstić information content (AvgIpc) is 2.27. The van der Waals surface area contributed by atoms with Crippen LogP contribution < -0.4 is 11.1 Å². The highest BCUT2D eigenvalue weighted by Gasteiger charge is 2.16. The second kappa shape index (κ2) is 5.35. The number of carbonyl (C=O) groups excluding carboxylic acids is 1. The van der Waals surface area contributed by atoms with Gasteiger partial charge in [-0.05, 0) is 12.5 Å². The van der Waals surface area contributed by atoms with E-state index in [2.05, 4.69) is 5.32 Å². The molecule has 0 spiro atoms. The van der Waals surface area contributed by atoms with E-state index >= 15 is 0 Å². The number of carbonyl (C=O) groups is 1. The number of nitro benzene ring substituents is 1. The van der Waals surface area contributed by atoms with Gasteiger partial charge < -0.3 is 11.1 Å². The van der Waals surface area contributed by atoms with Crippen LogP contribution in [0, 0.1) is 15.9 Å². The third kappa shape index (κ3) is 3.22. The quantitative estimate of drug-likeness (QED) is 0.615. The molecule has 1 aromatic rings. The number of rotatable bonds is 4. The van der Waals surface area contributed by atoms with Gasteiger partial charge in [0.2, 0.25) is 11.7 Å². The average molecular weight is 241 g/mol. The number of anilines is 1. The monoisotopic (exact) mass is 241 g/mol. The van der Waals surface area contributed by atoms with Gasteiger partial charge in [-0.15, -0.1) is 0 Å². The van der Waals surface area contributed by atoms with Crippen LogP contribution in [-0.4, -0.2) is 16.9 Å². The molecule has 0 fully saturated rings. The van der Waals surface area contributed by atoms with Gasteiger partial charge in [0.15, 0.2) is 0 Å². The Kier molecular flexibility index (Phi) is 4.11. The van der Waals surface area contributed by atoms with Crippen LogP contribution in [0.25, 0.3) is 0 Å². The molecule has 0 bridgehead atoms. The third-order valence-electron chi connectivity index (χ3n) is 2.19. The van der Waals surface area contributed by atoms with Crippen LogP contribution in [0.3, 0.4) is 0 Å². The van der Waals surface area contributed by atoms with Gasteiger partial charge in [0.25, 0.3) is 0 Å². The topological polar surface area (TPSA) is 98.3 Å². The maximum atomic E-state index is 13.2. The lowest BCUT2D eigenvalue weighted by molar-refractivity contribution is -0.387. The van der Waals surface area contributed by atoms with Gasteiger partial charge >= 0.3 is 5.69 Å². The SMILES string of the molecule is CCC(N)C(=O)Nc1ccc([N+](=O)[O-])c(F)c1. The Labute approximate surface area is 96.8 Å². The molecule has 0 saturated carbocycles. The molecule has 92 valence electrons. The molecule has 0 aliphatic rings. The lowest BCUT2D eigenvalue weighted by Crippen LogP contribution is -2.34. The van der Waals surface area contributed by atoms with E-state index in [1.54, 1.807) is 6.92 Å². The fourth-order valence-corrected chi connectivity index (χ4v) is 1.15. The first kappa shape index (κ1) is 13.0. The van der Waals surface area contributed by atoms with E-state index in [-0.39, 0.29) is 5.69 Å². The summed E-state index contributed by atoms with van der Waals surface area (Å²) in [5.41, 5.74) is 4.97. The van der Waals surface area contributed by atoms with Crippen LogP contribution in [0.15, 0.2) is 18.2 Å². The summed E-state index contributed by atoms with van der Waals surface area (Å²) in [6.07, 6.45) is 0.446. The summed E-state index contributed by atoms with van der Waals surface area (Å²) in [6, 6.07) is 2.44. The summed E-state index contributed by atoms with van der Waals surface area (Å²) in [4.78, 5) is 20.9. The molecule has 1 aromatic carbocycles. The molecule has 1 amide bonds. The Morgan fingerprint density at radius 1 is 1.65 bits per heavy atom. The largest absolute Gasteiger partial charge is 0.325 e. The van der Waals surface area contributed by atoms with E-state index in [0.717, 1.165) is 12.1 Å². The summed E-state index contributed by atoms with van der Waals surface area (Å²) in [7, 11) is 0. The molecule has 0 aliphatic heterocycles. The molecule has 6 nitrogen and oxygen atoms in total. The van der Waals surface area contributed by atoms with Gasteiger partial charge in [-0.25, -0.2) is 0 Å². The lowest BCUT2D eigenvalue weighted by Gasteiger charge is -2.09. The molecule has 17 heavy (non-hydrogen) atoms. The number of hydrogen-bond acceptors (Lipinski definition) is 4. The van der Waals surface area contributed by atoms with Crippen molar-refractivity contribution >= 4 is 17.3 Å². The van der Waals surface area contributed by atoms with Crippen molar-refractivity contribution in [2.24, 2.45) is 5.73 Å². The zero-order valence-corrected chi connectivity index (χ0v) is 9.14. The van der Waals surface area contributed by atoms with E-state index in [9.17, 15) is 19.3 Å². The standard InChI is InChI=1S/C10H12FN3O3/c1-2-8(12)10(15)13-6-3-4-9(14(16)17)7(11)5-6/h3-5,8H,2,12H2,1H3,(H,13,15). The number of nitrogens with zero attached hydrogens (tertiary/aromatic N) is 1. The van der Waals surface area contributed by atoms with Crippen LogP contribution in [-0.2, 0) is 4.79 Å². The molecule has 1 atom stereocenters. The molecule has 1 rings (SSSR count). The first-order valence-corrected chi connectivity index (χ1v) is 4.96. The highest BCUT2D eigenvalue weighted by atomic mass is 19.1. The molecule has 0 heterocycles. The summed E-state index contributed by atoms with van der Waals surface area (Å²) < 4.78 is 13.2. The number of halogens is 1. The van der Waals surface area contributed by atoms with Crippen molar-refractivity contribution in [2.75, 3.05) is 5.32 Å². The van der Waals surface area contributed by atoms with E-state index in [1.807, 2.05) is 0 Å². The van der Waals surface area contributed by atoms with Gasteiger partial charge in [0.1, 0.15) is 0 Å². The third-order valence-corrected chi connectivity index (χ3v) is 2.19. The molecular formula is C10H12FN3O3. The van der Waals surface area contributed by atoms with Crippen LogP contribution in [0.1, 0.15) is 13.3 Å².